The lowest BCUT2D eigenvalue weighted by Crippen LogP contribution is -2.04. The van der Waals surface area contributed by atoms with Crippen molar-refractivity contribution < 1.29 is 4.74 Å². The van der Waals surface area contributed by atoms with Crippen molar-refractivity contribution in [3.05, 3.63) is 17.6 Å². The topological polar surface area (TPSA) is 35.0 Å². The van der Waals surface area contributed by atoms with E-state index in [1.165, 1.54) is 42.0 Å². The molecule has 1 aromatic rings. The first-order chi connectivity index (χ1) is 8.31. The summed E-state index contributed by atoms with van der Waals surface area (Å²) in [5.74, 6) is 2.54. The molecule has 0 aromatic carbocycles. The Balaban J connectivity index is 2.25. The normalized spacial score (nSPS) is 21.2. The fourth-order valence-corrected chi connectivity index (χ4v) is 3.25. The summed E-state index contributed by atoms with van der Waals surface area (Å²) in [4.78, 5) is 9.01. The molecule has 0 aliphatic carbocycles. The summed E-state index contributed by atoms with van der Waals surface area (Å²) in [6.45, 7) is 2.78. The maximum atomic E-state index is 5.09. The molecule has 0 spiro atoms. The minimum absolute atomic E-state index is 0.502. The van der Waals surface area contributed by atoms with Crippen molar-refractivity contribution in [1.29, 1.82) is 0 Å². The van der Waals surface area contributed by atoms with Crippen LogP contribution in [0.1, 0.15) is 49.9 Å². The lowest BCUT2D eigenvalue weighted by Gasteiger charge is -2.14. The van der Waals surface area contributed by atoms with Gasteiger partial charge in [-0.3, -0.25) is 0 Å². The molecule has 1 aromatic heterocycles. The number of rotatable bonds is 2. The fraction of sp³-hybridized carbons (Fsp3) is 0.692. The number of hydrogen-bond donors (Lipinski definition) is 0. The standard InChI is InChI=1S/C13H20N2OS/c1-10-6-4-3-5-7-17-13-11(10)8-14-12(15-13)9-16-2/h8,10H,3-7,9H2,1-2H3. The predicted molar refractivity (Wildman–Crippen MR) is 70.4 cm³/mol. The molecular weight excluding hydrogens is 232 g/mol. The van der Waals surface area contributed by atoms with Gasteiger partial charge in [0, 0.05) is 18.9 Å². The smallest absolute Gasteiger partial charge is 0.155 e. The molecule has 2 heterocycles. The highest BCUT2D eigenvalue weighted by molar-refractivity contribution is 7.99. The van der Waals surface area contributed by atoms with E-state index in [0.29, 0.717) is 12.5 Å². The number of aromatic nitrogens is 2. The first kappa shape index (κ1) is 12.8. The molecule has 1 unspecified atom stereocenters. The molecule has 0 bridgehead atoms. The lowest BCUT2D eigenvalue weighted by atomic mass is 9.97. The van der Waals surface area contributed by atoms with Gasteiger partial charge in [-0.2, -0.15) is 0 Å². The molecule has 1 aliphatic heterocycles. The molecule has 94 valence electrons. The van der Waals surface area contributed by atoms with E-state index in [-0.39, 0.29) is 0 Å². The van der Waals surface area contributed by atoms with Crippen LogP contribution in [0.4, 0.5) is 0 Å². The molecular formula is C13H20N2OS. The number of thioether (sulfide) groups is 1. The van der Waals surface area contributed by atoms with E-state index in [9.17, 15) is 0 Å². The van der Waals surface area contributed by atoms with Gasteiger partial charge in [-0.05, 0) is 24.5 Å². The third kappa shape index (κ3) is 3.42. The van der Waals surface area contributed by atoms with Gasteiger partial charge in [-0.1, -0.05) is 19.8 Å². The van der Waals surface area contributed by atoms with Crippen LogP contribution in [-0.2, 0) is 11.3 Å². The molecule has 4 heteroatoms. The molecule has 0 radical (unpaired) electrons. The minimum Gasteiger partial charge on any atom is -0.377 e. The van der Waals surface area contributed by atoms with E-state index in [2.05, 4.69) is 16.9 Å². The second kappa shape index (κ2) is 6.36. The first-order valence-electron chi connectivity index (χ1n) is 6.29. The zero-order chi connectivity index (χ0) is 12.1. The highest BCUT2D eigenvalue weighted by atomic mass is 32.2. The number of fused-ring (bicyclic) bond motifs is 1. The Morgan fingerprint density at radius 1 is 1.41 bits per heavy atom. The summed E-state index contributed by atoms with van der Waals surface area (Å²) in [5.41, 5.74) is 1.32. The van der Waals surface area contributed by atoms with Crippen LogP contribution in [0.5, 0.6) is 0 Å². The van der Waals surface area contributed by atoms with E-state index < -0.39 is 0 Å². The summed E-state index contributed by atoms with van der Waals surface area (Å²) in [7, 11) is 1.68. The van der Waals surface area contributed by atoms with Crippen molar-refractivity contribution in [2.24, 2.45) is 0 Å². The third-order valence-corrected chi connectivity index (χ3v) is 4.25. The van der Waals surface area contributed by atoms with Gasteiger partial charge in [0.2, 0.25) is 0 Å². The van der Waals surface area contributed by atoms with E-state index in [4.69, 9.17) is 4.74 Å². The summed E-state index contributed by atoms with van der Waals surface area (Å²) in [6, 6.07) is 0. The minimum atomic E-state index is 0.502. The first-order valence-corrected chi connectivity index (χ1v) is 7.27. The summed E-state index contributed by atoms with van der Waals surface area (Å²) < 4.78 is 5.09. The second-order valence-corrected chi connectivity index (χ2v) is 5.66. The van der Waals surface area contributed by atoms with Gasteiger partial charge in [-0.15, -0.1) is 11.8 Å². The van der Waals surface area contributed by atoms with Gasteiger partial charge in [-0.25, -0.2) is 9.97 Å². The maximum Gasteiger partial charge on any atom is 0.155 e. The Kier molecular flexibility index (Phi) is 4.80. The lowest BCUT2D eigenvalue weighted by molar-refractivity contribution is 0.177. The quantitative estimate of drug-likeness (QED) is 0.756. The van der Waals surface area contributed by atoms with Gasteiger partial charge in [0.25, 0.3) is 0 Å². The van der Waals surface area contributed by atoms with E-state index >= 15 is 0 Å². The summed E-state index contributed by atoms with van der Waals surface area (Å²) in [6.07, 6.45) is 7.20. The van der Waals surface area contributed by atoms with Crippen LogP contribution >= 0.6 is 11.8 Å². The van der Waals surface area contributed by atoms with Crippen LogP contribution in [0.2, 0.25) is 0 Å². The average Bonchev–Trinajstić information content (AvgIpc) is 2.41. The van der Waals surface area contributed by atoms with Crippen molar-refractivity contribution >= 4 is 11.8 Å². The number of hydrogen-bond acceptors (Lipinski definition) is 4. The van der Waals surface area contributed by atoms with Crippen LogP contribution in [0.25, 0.3) is 0 Å². The van der Waals surface area contributed by atoms with Crippen LogP contribution in [-0.4, -0.2) is 22.8 Å². The molecule has 1 aliphatic rings. The monoisotopic (exact) mass is 252 g/mol. The van der Waals surface area contributed by atoms with Crippen LogP contribution < -0.4 is 0 Å². The number of methoxy groups -OCH3 is 1. The number of nitrogens with zero attached hydrogens (tertiary/aromatic N) is 2. The molecule has 3 nitrogen and oxygen atoms in total. The fourth-order valence-electron chi connectivity index (χ4n) is 2.12. The largest absolute Gasteiger partial charge is 0.377 e. The SMILES string of the molecule is COCc1ncc2c(n1)SCCCCCC2C. The maximum absolute atomic E-state index is 5.09. The Bertz CT molecular complexity index is 370. The van der Waals surface area contributed by atoms with Gasteiger partial charge in [0.15, 0.2) is 5.82 Å². The van der Waals surface area contributed by atoms with Crippen molar-refractivity contribution in [2.45, 2.75) is 50.2 Å². The zero-order valence-corrected chi connectivity index (χ0v) is 11.4. The summed E-state index contributed by atoms with van der Waals surface area (Å²) in [5, 5.41) is 1.17. The Morgan fingerprint density at radius 2 is 2.29 bits per heavy atom. The second-order valence-electron chi connectivity index (χ2n) is 4.58. The van der Waals surface area contributed by atoms with Crippen molar-refractivity contribution in [2.75, 3.05) is 12.9 Å². The molecule has 1 atom stereocenters. The average molecular weight is 252 g/mol. The molecule has 0 fully saturated rings. The zero-order valence-electron chi connectivity index (χ0n) is 10.6. The van der Waals surface area contributed by atoms with Crippen LogP contribution in [0.3, 0.4) is 0 Å². The third-order valence-electron chi connectivity index (χ3n) is 3.15. The molecule has 0 amide bonds. The van der Waals surface area contributed by atoms with E-state index in [0.717, 1.165) is 5.82 Å². The Labute approximate surface area is 107 Å². The number of ether oxygens (including phenoxy) is 1. The van der Waals surface area contributed by atoms with Crippen molar-refractivity contribution in [1.82, 2.24) is 9.97 Å². The molecule has 2 rings (SSSR count). The summed E-state index contributed by atoms with van der Waals surface area (Å²) >= 11 is 1.87. The molecule has 0 N–H and O–H groups in total. The Hall–Kier alpha value is -0.610. The highest BCUT2D eigenvalue weighted by Gasteiger charge is 2.15. The van der Waals surface area contributed by atoms with Gasteiger partial charge in [0.1, 0.15) is 11.6 Å². The van der Waals surface area contributed by atoms with Crippen LogP contribution in [0.15, 0.2) is 11.2 Å². The van der Waals surface area contributed by atoms with E-state index in [1.54, 1.807) is 7.11 Å². The predicted octanol–water partition coefficient (Wildman–Crippen LogP) is 3.39. The molecule has 0 saturated heterocycles. The molecule has 0 saturated carbocycles. The van der Waals surface area contributed by atoms with Crippen molar-refractivity contribution in [3.63, 3.8) is 0 Å². The van der Waals surface area contributed by atoms with Crippen LogP contribution in [0, 0.1) is 0 Å². The Morgan fingerprint density at radius 3 is 3.12 bits per heavy atom. The highest BCUT2D eigenvalue weighted by Crippen LogP contribution is 2.32. The van der Waals surface area contributed by atoms with E-state index in [1.807, 2.05) is 18.0 Å². The molecule has 17 heavy (non-hydrogen) atoms. The van der Waals surface area contributed by atoms with Gasteiger partial charge in [0.05, 0.1) is 0 Å². The van der Waals surface area contributed by atoms with Crippen molar-refractivity contribution in [3.8, 4) is 0 Å². The van der Waals surface area contributed by atoms with Gasteiger partial charge >= 0.3 is 0 Å². The van der Waals surface area contributed by atoms with Gasteiger partial charge < -0.3 is 4.74 Å².